The second-order valence-electron chi connectivity index (χ2n) is 8.19. The van der Waals surface area contributed by atoms with Gasteiger partial charge in [-0.25, -0.2) is 9.59 Å². The van der Waals surface area contributed by atoms with E-state index in [9.17, 15) is 9.59 Å². The summed E-state index contributed by atoms with van der Waals surface area (Å²) in [5.41, 5.74) is -0.545. The van der Waals surface area contributed by atoms with Gasteiger partial charge in [0.25, 0.3) is 0 Å². The number of carbonyl (C=O) groups excluding carboxylic acids is 1. The average Bonchev–Trinajstić information content (AvgIpc) is 2.74. The number of allylic oxidation sites excluding steroid dienone is 1. The van der Waals surface area contributed by atoms with Crippen LogP contribution in [0.15, 0.2) is 69.9 Å². The Morgan fingerprint density at radius 1 is 1.03 bits per heavy atom. The van der Waals surface area contributed by atoms with Crippen LogP contribution in [0.4, 0.5) is 0 Å². The minimum absolute atomic E-state index is 0.0342. The molecule has 0 atom stereocenters. The summed E-state index contributed by atoms with van der Waals surface area (Å²) in [6.45, 7) is 8.04. The Morgan fingerprint density at radius 3 is 2.47 bits per heavy atom. The zero-order valence-electron chi connectivity index (χ0n) is 18.8. The Kier molecular flexibility index (Phi) is 7.36. The van der Waals surface area contributed by atoms with Crippen LogP contribution in [0.3, 0.4) is 0 Å². The standard InChI is InChI=1S/C26H28O6/c1-5-6-7-11-16-29-23-22(31-24(27)18-12-9-8-10-13-18)20-15-14-19(32-26(2,3)4)17-21(20)30-25(23)28/h6-10,12-15,17H,5,11,16H2,1-4H3/b7-6+. The van der Waals surface area contributed by atoms with Gasteiger partial charge in [0.2, 0.25) is 5.75 Å². The van der Waals surface area contributed by atoms with Crippen LogP contribution < -0.4 is 19.8 Å². The van der Waals surface area contributed by atoms with Gasteiger partial charge in [0.05, 0.1) is 17.6 Å². The van der Waals surface area contributed by atoms with E-state index in [1.54, 1.807) is 48.5 Å². The van der Waals surface area contributed by atoms with Gasteiger partial charge in [0.15, 0.2) is 5.75 Å². The minimum atomic E-state index is -0.722. The Morgan fingerprint density at radius 2 is 1.78 bits per heavy atom. The lowest BCUT2D eigenvalue weighted by molar-refractivity contribution is 0.0729. The maximum Gasteiger partial charge on any atom is 0.383 e. The molecule has 0 N–H and O–H groups in total. The van der Waals surface area contributed by atoms with Gasteiger partial charge in [-0.2, -0.15) is 0 Å². The number of fused-ring (bicyclic) bond motifs is 1. The predicted octanol–water partition coefficient (Wildman–Crippen LogP) is 5.92. The summed E-state index contributed by atoms with van der Waals surface area (Å²) in [5, 5.41) is 0.439. The fourth-order valence-corrected chi connectivity index (χ4v) is 3.02. The SMILES string of the molecule is CC/C=C/CCOc1c(OC(=O)c2ccccc2)c2ccc(OC(C)(C)C)cc2oc1=O. The topological polar surface area (TPSA) is 75.0 Å². The first-order chi connectivity index (χ1) is 15.3. The molecule has 0 fully saturated rings. The van der Waals surface area contributed by atoms with Gasteiger partial charge in [-0.15, -0.1) is 0 Å². The number of hydrogen-bond acceptors (Lipinski definition) is 6. The van der Waals surface area contributed by atoms with E-state index in [0.29, 0.717) is 23.1 Å². The monoisotopic (exact) mass is 436 g/mol. The van der Waals surface area contributed by atoms with Gasteiger partial charge in [-0.1, -0.05) is 37.3 Å². The van der Waals surface area contributed by atoms with Crippen LogP contribution >= 0.6 is 0 Å². The highest BCUT2D eigenvalue weighted by molar-refractivity contribution is 5.95. The Labute approximate surface area is 187 Å². The van der Waals surface area contributed by atoms with Crippen molar-refractivity contribution in [3.8, 4) is 17.2 Å². The van der Waals surface area contributed by atoms with Crippen molar-refractivity contribution in [1.29, 1.82) is 0 Å². The zero-order chi connectivity index (χ0) is 23.1. The van der Waals surface area contributed by atoms with Crippen molar-refractivity contribution in [2.45, 2.75) is 46.1 Å². The lowest BCUT2D eigenvalue weighted by Crippen LogP contribution is -2.22. The molecule has 1 heterocycles. The normalized spacial score (nSPS) is 11.6. The molecule has 0 bridgehead atoms. The van der Waals surface area contributed by atoms with Gasteiger partial charge in [-0.3, -0.25) is 0 Å². The Bertz CT molecular complexity index is 1150. The number of hydrogen-bond donors (Lipinski definition) is 0. The molecule has 0 saturated heterocycles. The molecule has 0 aliphatic heterocycles. The molecule has 3 aromatic rings. The molecule has 0 aliphatic rings. The molecule has 168 valence electrons. The number of ether oxygens (including phenoxy) is 3. The molecule has 2 aromatic carbocycles. The van der Waals surface area contributed by atoms with Gasteiger partial charge in [0.1, 0.15) is 16.9 Å². The van der Waals surface area contributed by atoms with Gasteiger partial charge < -0.3 is 18.6 Å². The second kappa shape index (κ2) is 10.2. The molecule has 32 heavy (non-hydrogen) atoms. The Balaban J connectivity index is 2.02. The number of carbonyl (C=O) groups is 1. The third kappa shape index (κ3) is 6.00. The lowest BCUT2D eigenvalue weighted by atomic mass is 10.1. The number of benzene rings is 2. The molecular formula is C26H28O6. The van der Waals surface area contributed by atoms with Crippen molar-refractivity contribution < 1.29 is 23.4 Å². The van der Waals surface area contributed by atoms with E-state index >= 15 is 0 Å². The van der Waals surface area contributed by atoms with E-state index in [4.69, 9.17) is 18.6 Å². The third-order valence-corrected chi connectivity index (χ3v) is 4.35. The van der Waals surface area contributed by atoms with E-state index in [1.165, 1.54) is 0 Å². The number of esters is 1. The van der Waals surface area contributed by atoms with E-state index < -0.39 is 17.2 Å². The van der Waals surface area contributed by atoms with Crippen molar-refractivity contribution in [1.82, 2.24) is 0 Å². The van der Waals surface area contributed by atoms with Crippen molar-refractivity contribution in [3.05, 3.63) is 76.7 Å². The molecule has 6 nitrogen and oxygen atoms in total. The van der Waals surface area contributed by atoms with Crippen molar-refractivity contribution in [2.24, 2.45) is 0 Å². The highest BCUT2D eigenvalue weighted by Gasteiger charge is 2.22. The van der Waals surface area contributed by atoms with E-state index in [0.717, 1.165) is 6.42 Å². The molecule has 0 spiro atoms. The molecular weight excluding hydrogens is 408 g/mol. The first kappa shape index (κ1) is 23.1. The van der Waals surface area contributed by atoms with Crippen LogP contribution in [0.5, 0.6) is 17.2 Å². The number of rotatable bonds is 8. The minimum Gasteiger partial charge on any atom is -0.488 e. The quantitative estimate of drug-likeness (QED) is 0.189. The summed E-state index contributed by atoms with van der Waals surface area (Å²) in [4.78, 5) is 25.5. The van der Waals surface area contributed by atoms with Crippen molar-refractivity contribution in [2.75, 3.05) is 6.61 Å². The van der Waals surface area contributed by atoms with Crippen LogP contribution in [-0.4, -0.2) is 18.2 Å². The molecule has 0 unspecified atom stereocenters. The molecule has 0 amide bonds. The largest absolute Gasteiger partial charge is 0.488 e. The highest BCUT2D eigenvalue weighted by Crippen LogP contribution is 2.36. The highest BCUT2D eigenvalue weighted by atomic mass is 16.6. The average molecular weight is 437 g/mol. The maximum absolute atomic E-state index is 12.7. The fourth-order valence-electron chi connectivity index (χ4n) is 3.02. The maximum atomic E-state index is 12.7. The van der Waals surface area contributed by atoms with Crippen LogP contribution in [0.25, 0.3) is 11.0 Å². The van der Waals surface area contributed by atoms with E-state index in [2.05, 4.69) is 0 Å². The van der Waals surface area contributed by atoms with Gasteiger partial charge in [-0.05, 0) is 57.9 Å². The molecule has 0 radical (unpaired) electrons. The van der Waals surface area contributed by atoms with Gasteiger partial charge in [0, 0.05) is 6.07 Å². The summed E-state index contributed by atoms with van der Waals surface area (Å²) < 4.78 is 22.7. The second-order valence-corrected chi connectivity index (χ2v) is 8.19. The summed E-state index contributed by atoms with van der Waals surface area (Å²) in [6, 6.07) is 13.6. The Hall–Kier alpha value is -3.54. The molecule has 1 aromatic heterocycles. The van der Waals surface area contributed by atoms with Crippen LogP contribution in [0.1, 0.15) is 50.9 Å². The summed E-state index contributed by atoms with van der Waals surface area (Å²) in [6.07, 6.45) is 5.50. The fraction of sp³-hybridized carbons (Fsp3) is 0.308. The molecule has 6 heteroatoms. The van der Waals surface area contributed by atoms with Crippen molar-refractivity contribution >= 4 is 16.9 Å². The van der Waals surface area contributed by atoms with Crippen LogP contribution in [0.2, 0.25) is 0 Å². The first-order valence-electron chi connectivity index (χ1n) is 10.6. The summed E-state index contributed by atoms with van der Waals surface area (Å²) in [5.74, 6) is -0.154. The first-order valence-corrected chi connectivity index (χ1v) is 10.6. The molecule has 3 rings (SSSR count). The van der Waals surface area contributed by atoms with Crippen LogP contribution in [-0.2, 0) is 0 Å². The molecule has 0 aliphatic carbocycles. The lowest BCUT2D eigenvalue weighted by Gasteiger charge is -2.21. The van der Waals surface area contributed by atoms with Crippen LogP contribution in [0, 0.1) is 0 Å². The van der Waals surface area contributed by atoms with E-state index in [1.807, 2.05) is 39.8 Å². The zero-order valence-corrected chi connectivity index (χ0v) is 18.8. The van der Waals surface area contributed by atoms with Gasteiger partial charge >= 0.3 is 11.6 Å². The summed E-state index contributed by atoms with van der Waals surface area (Å²) in [7, 11) is 0. The molecule has 0 saturated carbocycles. The third-order valence-electron chi connectivity index (χ3n) is 4.35. The smallest absolute Gasteiger partial charge is 0.383 e. The summed E-state index contributed by atoms with van der Waals surface area (Å²) >= 11 is 0. The predicted molar refractivity (Wildman–Crippen MR) is 124 cm³/mol. The van der Waals surface area contributed by atoms with Crippen molar-refractivity contribution in [3.63, 3.8) is 0 Å². The van der Waals surface area contributed by atoms with E-state index in [-0.39, 0.29) is 23.7 Å².